The lowest BCUT2D eigenvalue weighted by Gasteiger charge is -2.17. The Morgan fingerprint density at radius 1 is 1.62 bits per heavy atom. The number of carbonyl (C=O) groups excluding carboxylic acids is 2. The summed E-state index contributed by atoms with van der Waals surface area (Å²) in [4.78, 5) is 27.5. The van der Waals surface area contributed by atoms with Crippen LogP contribution in [0.2, 0.25) is 0 Å². The zero-order valence-corrected chi connectivity index (χ0v) is 7.28. The van der Waals surface area contributed by atoms with Crippen LogP contribution in [-0.4, -0.2) is 36.1 Å². The van der Waals surface area contributed by atoms with Crippen molar-refractivity contribution < 1.29 is 14.4 Å². The molecule has 1 atom stereocenters. The highest BCUT2D eigenvalue weighted by Gasteiger charge is 2.32. The molecular weight excluding hydrogens is 172 g/mol. The van der Waals surface area contributed by atoms with Gasteiger partial charge in [-0.2, -0.15) is 0 Å². The van der Waals surface area contributed by atoms with E-state index in [4.69, 9.17) is 4.84 Å². The van der Waals surface area contributed by atoms with Crippen molar-refractivity contribution >= 4 is 11.8 Å². The van der Waals surface area contributed by atoms with Crippen LogP contribution >= 0.6 is 0 Å². The van der Waals surface area contributed by atoms with Crippen LogP contribution in [0.4, 0.5) is 0 Å². The predicted octanol–water partition coefficient (Wildman–Crippen LogP) is -0.571. The van der Waals surface area contributed by atoms with E-state index < -0.39 is 0 Å². The maximum atomic E-state index is 11.6. The normalized spacial score (nSPS) is 27.8. The number of carbonyl (C=O) groups is 2. The molecule has 72 valence electrons. The minimum absolute atomic E-state index is 0.0439. The van der Waals surface area contributed by atoms with Gasteiger partial charge in [0.05, 0.1) is 13.2 Å². The molecule has 2 fully saturated rings. The summed E-state index contributed by atoms with van der Waals surface area (Å²) in [5.41, 5.74) is 0. The van der Waals surface area contributed by atoms with Gasteiger partial charge in [-0.25, -0.2) is 5.06 Å². The van der Waals surface area contributed by atoms with E-state index in [0.717, 1.165) is 6.42 Å². The molecule has 2 aliphatic heterocycles. The van der Waals surface area contributed by atoms with E-state index >= 15 is 0 Å². The molecule has 0 aromatic heterocycles. The summed E-state index contributed by atoms with van der Waals surface area (Å²) in [5, 5.41) is 3.98. The van der Waals surface area contributed by atoms with Crippen molar-refractivity contribution in [2.75, 3.05) is 13.2 Å². The van der Waals surface area contributed by atoms with E-state index in [1.54, 1.807) is 0 Å². The van der Waals surface area contributed by atoms with Gasteiger partial charge in [0.25, 0.3) is 5.91 Å². The fraction of sp³-hybridized carbons (Fsp3) is 0.750. The molecule has 5 nitrogen and oxygen atoms in total. The molecule has 0 aromatic rings. The molecule has 0 bridgehead atoms. The molecule has 2 aliphatic rings. The lowest BCUT2D eigenvalue weighted by Crippen LogP contribution is -2.42. The van der Waals surface area contributed by atoms with Crippen molar-refractivity contribution in [2.45, 2.75) is 25.3 Å². The maximum Gasteiger partial charge on any atom is 0.268 e. The molecular formula is C8H12N2O3. The maximum absolute atomic E-state index is 11.6. The molecule has 2 rings (SSSR count). The fourth-order valence-electron chi connectivity index (χ4n) is 1.59. The second-order valence-electron chi connectivity index (χ2n) is 3.29. The van der Waals surface area contributed by atoms with E-state index in [0.29, 0.717) is 26.0 Å². The summed E-state index contributed by atoms with van der Waals surface area (Å²) in [7, 11) is 0. The molecule has 0 aromatic carbocycles. The van der Waals surface area contributed by atoms with Gasteiger partial charge in [-0.15, -0.1) is 0 Å². The van der Waals surface area contributed by atoms with Gasteiger partial charge < -0.3 is 5.32 Å². The van der Waals surface area contributed by atoms with Crippen LogP contribution in [0.5, 0.6) is 0 Å². The molecule has 13 heavy (non-hydrogen) atoms. The Balaban J connectivity index is 1.92. The average Bonchev–Trinajstić information content (AvgIpc) is 2.72. The molecule has 0 aliphatic carbocycles. The Bertz CT molecular complexity index is 236. The van der Waals surface area contributed by atoms with Gasteiger partial charge >= 0.3 is 0 Å². The third-order valence-corrected chi connectivity index (χ3v) is 2.29. The minimum Gasteiger partial charge on any atom is -0.344 e. The zero-order chi connectivity index (χ0) is 9.26. The van der Waals surface area contributed by atoms with Crippen LogP contribution in [0.15, 0.2) is 0 Å². The minimum atomic E-state index is -0.356. The Hall–Kier alpha value is -1.10. The summed E-state index contributed by atoms with van der Waals surface area (Å²) < 4.78 is 0. The number of rotatable bonds is 1. The highest BCUT2D eigenvalue weighted by Crippen LogP contribution is 2.13. The lowest BCUT2D eigenvalue weighted by molar-refractivity contribution is -0.170. The smallest absolute Gasteiger partial charge is 0.268 e. The number of amides is 2. The number of nitrogens with zero attached hydrogens (tertiary/aromatic N) is 1. The monoisotopic (exact) mass is 184 g/mol. The molecule has 0 spiro atoms. The zero-order valence-electron chi connectivity index (χ0n) is 7.28. The van der Waals surface area contributed by atoms with Gasteiger partial charge in [0.2, 0.25) is 5.91 Å². The quantitative estimate of drug-likeness (QED) is 0.593. The number of nitrogens with one attached hydrogen (secondary N) is 1. The van der Waals surface area contributed by atoms with Crippen LogP contribution in [0, 0.1) is 0 Å². The number of hydroxylamine groups is 2. The van der Waals surface area contributed by atoms with Crippen LogP contribution in [-0.2, 0) is 14.4 Å². The second kappa shape index (κ2) is 3.33. The first kappa shape index (κ1) is 8.50. The van der Waals surface area contributed by atoms with Gasteiger partial charge in [-0.05, 0) is 12.8 Å². The third kappa shape index (κ3) is 1.65. The largest absolute Gasteiger partial charge is 0.344 e. The first-order valence-corrected chi connectivity index (χ1v) is 4.51. The van der Waals surface area contributed by atoms with Gasteiger partial charge in [-0.1, -0.05) is 0 Å². The number of hydrogen-bond donors (Lipinski definition) is 1. The first-order chi connectivity index (χ1) is 6.27. The van der Waals surface area contributed by atoms with E-state index in [2.05, 4.69) is 5.32 Å². The van der Waals surface area contributed by atoms with E-state index in [1.165, 1.54) is 5.06 Å². The SMILES string of the molecule is O=C1CCC(C(=O)N2CCCO2)N1. The Morgan fingerprint density at radius 3 is 3.00 bits per heavy atom. The van der Waals surface area contributed by atoms with Crippen LogP contribution in [0.25, 0.3) is 0 Å². The average molecular weight is 184 g/mol. The molecule has 0 saturated carbocycles. The molecule has 5 heteroatoms. The van der Waals surface area contributed by atoms with Crippen molar-refractivity contribution in [3.63, 3.8) is 0 Å². The number of hydrogen-bond acceptors (Lipinski definition) is 3. The Kier molecular flexibility index (Phi) is 2.18. The summed E-state index contributed by atoms with van der Waals surface area (Å²) in [5.74, 6) is -0.152. The van der Waals surface area contributed by atoms with Crippen molar-refractivity contribution in [1.82, 2.24) is 10.4 Å². The summed E-state index contributed by atoms with van der Waals surface area (Å²) >= 11 is 0. The van der Waals surface area contributed by atoms with Crippen molar-refractivity contribution in [3.05, 3.63) is 0 Å². The lowest BCUT2D eigenvalue weighted by atomic mass is 10.2. The molecule has 2 saturated heterocycles. The first-order valence-electron chi connectivity index (χ1n) is 4.51. The predicted molar refractivity (Wildman–Crippen MR) is 43.4 cm³/mol. The standard InChI is InChI=1S/C8H12N2O3/c11-7-3-2-6(9-7)8(12)10-4-1-5-13-10/h6H,1-5H2,(H,9,11). The van der Waals surface area contributed by atoms with E-state index in [-0.39, 0.29) is 17.9 Å². The highest BCUT2D eigenvalue weighted by molar-refractivity contribution is 5.90. The highest BCUT2D eigenvalue weighted by atomic mass is 16.7. The topological polar surface area (TPSA) is 58.6 Å². The van der Waals surface area contributed by atoms with Gasteiger partial charge in [-0.3, -0.25) is 14.4 Å². The molecule has 2 amide bonds. The molecule has 0 radical (unpaired) electrons. The summed E-state index contributed by atoms with van der Waals surface area (Å²) in [6.07, 6.45) is 1.92. The third-order valence-electron chi connectivity index (χ3n) is 2.29. The van der Waals surface area contributed by atoms with E-state index in [9.17, 15) is 9.59 Å². The van der Waals surface area contributed by atoms with Gasteiger partial charge in [0.15, 0.2) is 0 Å². The second-order valence-corrected chi connectivity index (χ2v) is 3.29. The summed E-state index contributed by atoms with van der Waals surface area (Å²) in [6.45, 7) is 1.25. The van der Waals surface area contributed by atoms with Gasteiger partial charge in [0, 0.05) is 6.42 Å². The van der Waals surface area contributed by atoms with Gasteiger partial charge in [0.1, 0.15) is 6.04 Å². The molecule has 2 heterocycles. The van der Waals surface area contributed by atoms with Crippen molar-refractivity contribution in [1.29, 1.82) is 0 Å². The molecule has 1 N–H and O–H groups in total. The van der Waals surface area contributed by atoms with Crippen LogP contribution in [0.1, 0.15) is 19.3 Å². The molecule has 1 unspecified atom stereocenters. The van der Waals surface area contributed by atoms with E-state index in [1.807, 2.05) is 0 Å². The van der Waals surface area contributed by atoms with Crippen molar-refractivity contribution in [3.8, 4) is 0 Å². The Labute approximate surface area is 76.0 Å². The van der Waals surface area contributed by atoms with Crippen LogP contribution in [0.3, 0.4) is 0 Å². The van der Waals surface area contributed by atoms with Crippen LogP contribution < -0.4 is 5.32 Å². The summed E-state index contributed by atoms with van der Waals surface area (Å²) in [6, 6.07) is -0.356. The fourth-order valence-corrected chi connectivity index (χ4v) is 1.59. The van der Waals surface area contributed by atoms with Crippen molar-refractivity contribution in [2.24, 2.45) is 0 Å². The Morgan fingerprint density at radius 2 is 2.46 bits per heavy atom.